The highest BCUT2D eigenvalue weighted by molar-refractivity contribution is 6.18. The Morgan fingerprint density at radius 2 is 2.60 bits per heavy atom. The summed E-state index contributed by atoms with van der Waals surface area (Å²) < 4.78 is 10.0. The van der Waals surface area contributed by atoms with Crippen molar-refractivity contribution in [3.05, 3.63) is 24.2 Å². The maximum absolute atomic E-state index is 5.52. The van der Waals surface area contributed by atoms with Crippen LogP contribution in [-0.4, -0.2) is 19.1 Å². The molecule has 0 aromatic rings. The topological polar surface area (TPSA) is 18.5 Å². The van der Waals surface area contributed by atoms with Gasteiger partial charge < -0.3 is 9.47 Å². The molecule has 0 saturated carbocycles. The molecule has 1 aliphatic rings. The van der Waals surface area contributed by atoms with Crippen LogP contribution in [0.3, 0.4) is 0 Å². The molecule has 0 saturated heterocycles. The van der Waals surface area contributed by atoms with Gasteiger partial charge in [-0.15, -0.1) is 11.6 Å². The molecule has 1 unspecified atom stereocenters. The predicted molar refractivity (Wildman–Crippen MR) is 39.8 cm³/mol. The van der Waals surface area contributed by atoms with E-state index in [0.29, 0.717) is 5.88 Å². The Morgan fingerprint density at radius 3 is 3.00 bits per heavy atom. The van der Waals surface area contributed by atoms with Gasteiger partial charge in [0.2, 0.25) is 0 Å². The number of allylic oxidation sites excluding steroid dienone is 1. The van der Waals surface area contributed by atoms with Gasteiger partial charge in [0, 0.05) is 0 Å². The average Bonchev–Trinajstić information content (AvgIpc) is 2.05. The van der Waals surface area contributed by atoms with Gasteiger partial charge in [-0.3, -0.25) is 0 Å². The molecule has 1 rings (SSSR count). The second-order valence-corrected chi connectivity index (χ2v) is 2.22. The maximum atomic E-state index is 5.52. The van der Waals surface area contributed by atoms with Gasteiger partial charge in [-0.25, -0.2) is 0 Å². The summed E-state index contributed by atoms with van der Waals surface area (Å²) in [6.45, 7) is 0. The molecule has 0 fully saturated rings. The maximum Gasteiger partial charge on any atom is 0.153 e. The second kappa shape index (κ2) is 3.52. The molecule has 56 valence electrons. The van der Waals surface area contributed by atoms with Crippen LogP contribution in [0.4, 0.5) is 0 Å². The van der Waals surface area contributed by atoms with Crippen LogP contribution >= 0.6 is 11.6 Å². The number of alkyl halides is 1. The summed E-state index contributed by atoms with van der Waals surface area (Å²) in [5.41, 5.74) is 0. The van der Waals surface area contributed by atoms with Crippen molar-refractivity contribution in [2.75, 3.05) is 13.0 Å². The summed E-state index contributed by atoms with van der Waals surface area (Å²) in [4.78, 5) is 0. The number of halogens is 1. The highest BCUT2D eigenvalue weighted by Crippen LogP contribution is 2.10. The lowest BCUT2D eigenvalue weighted by Gasteiger charge is -2.14. The molecule has 1 atom stereocenters. The average molecular weight is 161 g/mol. The van der Waals surface area contributed by atoms with Crippen molar-refractivity contribution >= 4 is 11.6 Å². The lowest BCUT2D eigenvalue weighted by atomic mass is 10.3. The summed E-state index contributed by atoms with van der Waals surface area (Å²) in [5, 5.41) is 0. The van der Waals surface area contributed by atoms with Crippen molar-refractivity contribution in [3.63, 3.8) is 0 Å². The Balaban J connectivity index is 2.46. The lowest BCUT2D eigenvalue weighted by Crippen LogP contribution is -2.11. The monoisotopic (exact) mass is 160 g/mol. The van der Waals surface area contributed by atoms with Crippen LogP contribution in [0, 0.1) is 0 Å². The van der Waals surface area contributed by atoms with E-state index in [0.717, 1.165) is 5.76 Å². The van der Waals surface area contributed by atoms with Crippen LogP contribution < -0.4 is 0 Å². The third-order valence-electron chi connectivity index (χ3n) is 1.22. The first-order valence-electron chi connectivity index (χ1n) is 3.00. The van der Waals surface area contributed by atoms with E-state index in [1.165, 1.54) is 0 Å². The molecule has 3 heteroatoms. The molecule has 0 radical (unpaired) electrons. The second-order valence-electron chi connectivity index (χ2n) is 1.91. The van der Waals surface area contributed by atoms with Crippen LogP contribution in [0.15, 0.2) is 24.2 Å². The van der Waals surface area contributed by atoms with Gasteiger partial charge in [-0.2, -0.15) is 0 Å². The first-order chi connectivity index (χ1) is 4.86. The fourth-order valence-corrected chi connectivity index (χ4v) is 0.821. The van der Waals surface area contributed by atoms with E-state index < -0.39 is 0 Å². The Bertz CT molecular complexity index is 163. The molecule has 2 nitrogen and oxygen atoms in total. The normalized spacial score (nSPS) is 23.4. The molecule has 0 aromatic carbocycles. The summed E-state index contributed by atoms with van der Waals surface area (Å²) in [6.07, 6.45) is 5.27. The zero-order valence-electron chi connectivity index (χ0n) is 5.71. The number of rotatable bonds is 2. The first kappa shape index (κ1) is 7.48. The summed E-state index contributed by atoms with van der Waals surface area (Å²) in [6, 6.07) is 0. The van der Waals surface area contributed by atoms with Crippen LogP contribution in [0.2, 0.25) is 0 Å². The van der Waals surface area contributed by atoms with Crippen LogP contribution in [0.5, 0.6) is 0 Å². The highest BCUT2D eigenvalue weighted by Gasteiger charge is 2.06. The van der Waals surface area contributed by atoms with Gasteiger partial charge in [0.05, 0.1) is 13.0 Å². The minimum absolute atomic E-state index is 0.000525. The number of hydrogen-bond acceptors (Lipinski definition) is 2. The summed E-state index contributed by atoms with van der Waals surface area (Å²) in [7, 11) is 1.60. The highest BCUT2D eigenvalue weighted by atomic mass is 35.5. The zero-order valence-corrected chi connectivity index (χ0v) is 6.47. The van der Waals surface area contributed by atoms with E-state index in [1.54, 1.807) is 13.4 Å². The summed E-state index contributed by atoms with van der Waals surface area (Å²) >= 11 is 5.52. The SMILES string of the molecule is COC1=COC(CCl)C=C1. The van der Waals surface area contributed by atoms with Crippen LogP contribution in [0.1, 0.15) is 0 Å². The van der Waals surface area contributed by atoms with Crippen molar-refractivity contribution in [2.24, 2.45) is 0 Å². The van der Waals surface area contributed by atoms with Gasteiger partial charge in [0.15, 0.2) is 5.76 Å². The van der Waals surface area contributed by atoms with E-state index in [4.69, 9.17) is 21.1 Å². The van der Waals surface area contributed by atoms with Gasteiger partial charge in [0.25, 0.3) is 0 Å². The van der Waals surface area contributed by atoms with E-state index in [-0.39, 0.29) is 6.10 Å². The zero-order chi connectivity index (χ0) is 7.40. The smallest absolute Gasteiger partial charge is 0.153 e. The Labute approximate surface area is 65.1 Å². The van der Waals surface area contributed by atoms with E-state index in [2.05, 4.69) is 0 Å². The Hall–Kier alpha value is -0.630. The lowest BCUT2D eigenvalue weighted by molar-refractivity contribution is 0.175. The quantitative estimate of drug-likeness (QED) is 0.573. The molecular weight excluding hydrogens is 152 g/mol. The van der Waals surface area contributed by atoms with Crippen molar-refractivity contribution in [2.45, 2.75) is 6.10 Å². The van der Waals surface area contributed by atoms with Crippen molar-refractivity contribution < 1.29 is 9.47 Å². The summed E-state index contributed by atoms with van der Waals surface area (Å²) in [5.74, 6) is 1.20. The molecule has 1 heterocycles. The van der Waals surface area contributed by atoms with Gasteiger partial charge in [-0.1, -0.05) is 0 Å². The van der Waals surface area contributed by atoms with E-state index in [9.17, 15) is 0 Å². The number of ether oxygens (including phenoxy) is 2. The first-order valence-corrected chi connectivity index (χ1v) is 3.54. The predicted octanol–water partition coefficient (Wildman–Crippen LogP) is 1.67. The minimum atomic E-state index is 0.000525. The van der Waals surface area contributed by atoms with Crippen molar-refractivity contribution in [1.82, 2.24) is 0 Å². The molecule has 0 N–H and O–H groups in total. The van der Waals surface area contributed by atoms with E-state index in [1.807, 2.05) is 12.2 Å². The molecule has 0 amide bonds. The molecular formula is C7H9ClO2. The van der Waals surface area contributed by atoms with Gasteiger partial charge in [0.1, 0.15) is 12.4 Å². The molecule has 1 aliphatic heterocycles. The van der Waals surface area contributed by atoms with Crippen LogP contribution in [0.25, 0.3) is 0 Å². The standard InChI is InChI=1S/C7H9ClO2/c1-9-7-3-2-6(4-8)10-5-7/h2-3,5-6H,4H2,1H3. The Morgan fingerprint density at radius 1 is 1.80 bits per heavy atom. The third-order valence-corrected chi connectivity index (χ3v) is 1.53. The van der Waals surface area contributed by atoms with Crippen molar-refractivity contribution in [3.8, 4) is 0 Å². The minimum Gasteiger partial charge on any atom is -0.494 e. The van der Waals surface area contributed by atoms with Crippen LogP contribution in [-0.2, 0) is 9.47 Å². The fourth-order valence-electron chi connectivity index (χ4n) is 0.645. The molecule has 0 bridgehead atoms. The Kier molecular flexibility index (Phi) is 2.63. The van der Waals surface area contributed by atoms with Gasteiger partial charge >= 0.3 is 0 Å². The van der Waals surface area contributed by atoms with E-state index >= 15 is 0 Å². The third kappa shape index (κ3) is 1.67. The molecule has 0 aromatic heterocycles. The fraction of sp³-hybridized carbons (Fsp3) is 0.429. The number of methoxy groups -OCH3 is 1. The molecule has 10 heavy (non-hydrogen) atoms. The molecule has 0 spiro atoms. The largest absolute Gasteiger partial charge is 0.494 e. The molecule has 0 aliphatic carbocycles. The van der Waals surface area contributed by atoms with Gasteiger partial charge in [-0.05, 0) is 12.2 Å². The van der Waals surface area contributed by atoms with Crippen molar-refractivity contribution in [1.29, 1.82) is 0 Å². The number of hydrogen-bond donors (Lipinski definition) is 0.